The van der Waals surface area contributed by atoms with Crippen LogP contribution >= 0.6 is 0 Å². The number of nitrogens with one attached hydrogen (secondary N) is 3. The number of benzene rings is 2. The molecule has 28 heavy (non-hydrogen) atoms. The van der Waals surface area contributed by atoms with Gasteiger partial charge in [0, 0.05) is 24.7 Å². The van der Waals surface area contributed by atoms with Crippen molar-refractivity contribution < 1.29 is 14.4 Å². The Kier molecular flexibility index (Phi) is 6.93. The Bertz CT molecular complexity index is 852. The van der Waals surface area contributed by atoms with Crippen molar-refractivity contribution in [3.8, 4) is 0 Å². The summed E-state index contributed by atoms with van der Waals surface area (Å²) in [5, 5.41) is 7.91. The molecular weight excluding hydrogens is 354 g/mol. The molecule has 0 aliphatic heterocycles. The first-order chi connectivity index (χ1) is 13.2. The first-order valence-corrected chi connectivity index (χ1v) is 9.17. The van der Waals surface area contributed by atoms with Crippen molar-refractivity contribution in [3.05, 3.63) is 70.8 Å². The van der Waals surface area contributed by atoms with Gasteiger partial charge >= 0.3 is 0 Å². The van der Waals surface area contributed by atoms with E-state index in [4.69, 9.17) is 0 Å². The minimum absolute atomic E-state index is 0.0179. The maximum absolute atomic E-state index is 12.2. The van der Waals surface area contributed by atoms with Gasteiger partial charge in [-0.05, 0) is 40.8 Å². The number of amides is 3. The second-order valence-electron chi connectivity index (χ2n) is 7.57. The number of hydrogen-bond acceptors (Lipinski definition) is 3. The van der Waals surface area contributed by atoms with Gasteiger partial charge in [-0.3, -0.25) is 14.4 Å². The standard InChI is InChI=1S/C22H27N3O3/c1-22(2,3)18-10-8-16(9-11-18)21(28)25-14-19(26)24-13-15-6-5-7-17(12-15)20(27)23-4/h5-12H,13-14H2,1-4H3,(H,23,27)(H,24,26)(H,25,28). The molecule has 2 rings (SSSR count). The molecule has 6 nitrogen and oxygen atoms in total. The zero-order valence-electron chi connectivity index (χ0n) is 16.8. The Balaban J connectivity index is 1.84. The second-order valence-corrected chi connectivity index (χ2v) is 7.57. The summed E-state index contributed by atoms with van der Waals surface area (Å²) in [6.07, 6.45) is 0. The van der Waals surface area contributed by atoms with Crippen molar-refractivity contribution in [1.29, 1.82) is 0 Å². The van der Waals surface area contributed by atoms with E-state index in [2.05, 4.69) is 36.7 Å². The van der Waals surface area contributed by atoms with Crippen LogP contribution in [0.4, 0.5) is 0 Å². The molecule has 0 unspecified atom stereocenters. The molecule has 0 spiro atoms. The highest BCUT2D eigenvalue weighted by atomic mass is 16.2. The van der Waals surface area contributed by atoms with Crippen molar-refractivity contribution in [2.45, 2.75) is 32.7 Å². The molecule has 0 aliphatic carbocycles. The summed E-state index contributed by atoms with van der Waals surface area (Å²) >= 11 is 0. The Hall–Kier alpha value is -3.15. The smallest absolute Gasteiger partial charge is 0.251 e. The van der Waals surface area contributed by atoms with Crippen molar-refractivity contribution in [3.63, 3.8) is 0 Å². The highest BCUT2D eigenvalue weighted by Crippen LogP contribution is 2.22. The molecule has 0 saturated heterocycles. The lowest BCUT2D eigenvalue weighted by Gasteiger charge is -2.19. The fourth-order valence-electron chi connectivity index (χ4n) is 2.61. The predicted molar refractivity (Wildman–Crippen MR) is 109 cm³/mol. The lowest BCUT2D eigenvalue weighted by molar-refractivity contribution is -0.120. The molecule has 0 saturated carbocycles. The van der Waals surface area contributed by atoms with Crippen LogP contribution in [0.25, 0.3) is 0 Å². The van der Waals surface area contributed by atoms with E-state index in [1.807, 2.05) is 18.2 Å². The maximum Gasteiger partial charge on any atom is 0.251 e. The first kappa shape index (κ1) is 21.2. The fraction of sp³-hybridized carbons (Fsp3) is 0.318. The summed E-state index contributed by atoms with van der Waals surface area (Å²) in [5.74, 6) is -0.778. The van der Waals surface area contributed by atoms with Gasteiger partial charge in [0.2, 0.25) is 5.91 Å². The van der Waals surface area contributed by atoms with Gasteiger partial charge in [-0.2, -0.15) is 0 Å². The van der Waals surface area contributed by atoms with E-state index in [0.29, 0.717) is 11.1 Å². The molecule has 148 valence electrons. The highest BCUT2D eigenvalue weighted by molar-refractivity contribution is 5.96. The summed E-state index contributed by atoms with van der Waals surface area (Å²) < 4.78 is 0. The molecular formula is C22H27N3O3. The molecule has 0 radical (unpaired) electrons. The number of rotatable bonds is 6. The van der Waals surface area contributed by atoms with E-state index in [0.717, 1.165) is 11.1 Å². The zero-order valence-corrected chi connectivity index (χ0v) is 16.8. The van der Waals surface area contributed by atoms with Crippen LogP contribution in [0.15, 0.2) is 48.5 Å². The third-order valence-corrected chi connectivity index (χ3v) is 4.33. The van der Waals surface area contributed by atoms with Crippen LogP contribution in [0.5, 0.6) is 0 Å². The monoisotopic (exact) mass is 381 g/mol. The molecule has 2 aromatic carbocycles. The van der Waals surface area contributed by atoms with E-state index in [1.165, 1.54) is 0 Å². The van der Waals surface area contributed by atoms with Crippen LogP contribution in [0.2, 0.25) is 0 Å². The minimum atomic E-state index is -0.301. The summed E-state index contributed by atoms with van der Waals surface area (Å²) in [6, 6.07) is 14.4. The van der Waals surface area contributed by atoms with Gasteiger partial charge in [-0.1, -0.05) is 45.0 Å². The average Bonchev–Trinajstić information content (AvgIpc) is 2.69. The van der Waals surface area contributed by atoms with Crippen LogP contribution in [-0.4, -0.2) is 31.3 Å². The lowest BCUT2D eigenvalue weighted by atomic mass is 9.87. The molecule has 6 heteroatoms. The van der Waals surface area contributed by atoms with Crippen LogP contribution in [0.1, 0.15) is 52.6 Å². The van der Waals surface area contributed by atoms with Crippen molar-refractivity contribution in [2.75, 3.05) is 13.6 Å². The summed E-state index contributed by atoms with van der Waals surface area (Å²) in [7, 11) is 1.57. The molecule has 0 atom stereocenters. The van der Waals surface area contributed by atoms with Crippen LogP contribution in [-0.2, 0) is 16.8 Å². The van der Waals surface area contributed by atoms with Gasteiger partial charge in [-0.15, -0.1) is 0 Å². The van der Waals surface area contributed by atoms with Crippen LogP contribution < -0.4 is 16.0 Å². The average molecular weight is 381 g/mol. The van der Waals surface area contributed by atoms with E-state index in [-0.39, 0.29) is 36.2 Å². The topological polar surface area (TPSA) is 87.3 Å². The van der Waals surface area contributed by atoms with E-state index in [1.54, 1.807) is 37.4 Å². The summed E-state index contributed by atoms with van der Waals surface area (Å²) in [5.41, 5.74) is 3.00. The maximum atomic E-state index is 12.2. The zero-order chi connectivity index (χ0) is 20.7. The molecule has 2 aromatic rings. The van der Waals surface area contributed by atoms with Gasteiger partial charge in [0.25, 0.3) is 11.8 Å². The third-order valence-electron chi connectivity index (χ3n) is 4.33. The van der Waals surface area contributed by atoms with E-state index >= 15 is 0 Å². The van der Waals surface area contributed by atoms with Gasteiger partial charge in [0.05, 0.1) is 6.54 Å². The molecule has 0 fully saturated rings. The lowest BCUT2D eigenvalue weighted by Crippen LogP contribution is -2.36. The highest BCUT2D eigenvalue weighted by Gasteiger charge is 2.14. The fourth-order valence-corrected chi connectivity index (χ4v) is 2.61. The number of hydrogen-bond donors (Lipinski definition) is 3. The molecule has 0 heterocycles. The van der Waals surface area contributed by atoms with Gasteiger partial charge in [0.15, 0.2) is 0 Å². The van der Waals surface area contributed by atoms with Crippen molar-refractivity contribution >= 4 is 17.7 Å². The molecule has 3 N–H and O–H groups in total. The Morgan fingerprint density at radius 1 is 0.857 bits per heavy atom. The molecule has 3 amide bonds. The predicted octanol–water partition coefficient (Wildman–Crippen LogP) is 2.39. The van der Waals surface area contributed by atoms with E-state index in [9.17, 15) is 14.4 Å². The normalized spacial score (nSPS) is 10.9. The SMILES string of the molecule is CNC(=O)c1cccc(CNC(=O)CNC(=O)c2ccc(C(C)(C)C)cc2)c1. The molecule has 0 aliphatic rings. The number of carbonyl (C=O) groups excluding carboxylic acids is 3. The van der Waals surface area contributed by atoms with Crippen LogP contribution in [0, 0.1) is 0 Å². The molecule has 0 bridgehead atoms. The summed E-state index contributed by atoms with van der Waals surface area (Å²) in [6.45, 7) is 6.49. The quantitative estimate of drug-likeness (QED) is 0.718. The van der Waals surface area contributed by atoms with Crippen LogP contribution in [0.3, 0.4) is 0 Å². The van der Waals surface area contributed by atoms with Gasteiger partial charge in [-0.25, -0.2) is 0 Å². The molecule has 0 aromatic heterocycles. The Morgan fingerprint density at radius 3 is 2.14 bits per heavy atom. The largest absolute Gasteiger partial charge is 0.355 e. The van der Waals surface area contributed by atoms with Gasteiger partial charge in [0.1, 0.15) is 0 Å². The third kappa shape index (κ3) is 5.94. The Morgan fingerprint density at radius 2 is 1.54 bits per heavy atom. The first-order valence-electron chi connectivity index (χ1n) is 9.17. The van der Waals surface area contributed by atoms with Crippen molar-refractivity contribution in [1.82, 2.24) is 16.0 Å². The van der Waals surface area contributed by atoms with E-state index < -0.39 is 0 Å². The summed E-state index contributed by atoms with van der Waals surface area (Å²) in [4.78, 5) is 35.9. The second kappa shape index (κ2) is 9.17. The number of carbonyl (C=O) groups is 3. The minimum Gasteiger partial charge on any atom is -0.355 e. The van der Waals surface area contributed by atoms with Crippen molar-refractivity contribution in [2.24, 2.45) is 0 Å². The van der Waals surface area contributed by atoms with Gasteiger partial charge < -0.3 is 16.0 Å². The Labute approximate surface area is 165 Å².